The maximum absolute atomic E-state index is 13.4. The number of hydrogen-bond donors (Lipinski definition) is 1. The van der Waals surface area contributed by atoms with Crippen LogP contribution in [0.4, 0.5) is 5.13 Å². The normalized spacial score (nSPS) is 16.4. The zero-order valence-corrected chi connectivity index (χ0v) is 24.4. The Labute approximate surface area is 243 Å². The lowest BCUT2D eigenvalue weighted by molar-refractivity contribution is -0.132. The highest BCUT2D eigenvalue weighted by Gasteiger charge is 2.48. The molecule has 7 nitrogen and oxygen atoms in total. The van der Waals surface area contributed by atoms with Gasteiger partial charge in [0.25, 0.3) is 5.78 Å². The Bertz CT molecular complexity index is 1680. The molecule has 3 aromatic carbocycles. The van der Waals surface area contributed by atoms with E-state index in [1.54, 1.807) is 49.4 Å². The number of amides is 1. The lowest BCUT2D eigenvalue weighted by Crippen LogP contribution is -2.29. The summed E-state index contributed by atoms with van der Waals surface area (Å²) >= 11 is 4.51. The molecule has 202 valence electrons. The van der Waals surface area contributed by atoms with Gasteiger partial charge in [-0.1, -0.05) is 69.2 Å². The van der Waals surface area contributed by atoms with E-state index in [-0.39, 0.29) is 22.2 Å². The van der Waals surface area contributed by atoms with Gasteiger partial charge in [-0.25, -0.2) is 4.98 Å². The molecule has 1 fully saturated rings. The Morgan fingerprint density at radius 3 is 2.42 bits per heavy atom. The average Bonchev–Trinajstić information content (AvgIpc) is 3.44. The Kier molecular flexibility index (Phi) is 7.69. The number of thiazole rings is 1. The van der Waals surface area contributed by atoms with Crippen LogP contribution in [0, 0.1) is 13.8 Å². The summed E-state index contributed by atoms with van der Waals surface area (Å²) in [5.74, 6) is -1.55. The first-order valence-electron chi connectivity index (χ1n) is 12.5. The number of benzene rings is 3. The van der Waals surface area contributed by atoms with E-state index in [2.05, 4.69) is 20.9 Å². The second-order valence-electron chi connectivity index (χ2n) is 9.49. The highest BCUT2D eigenvalue weighted by atomic mass is 79.9. The number of ketones is 2. The van der Waals surface area contributed by atoms with Crippen LogP contribution in [0.2, 0.25) is 0 Å². The zero-order chi connectivity index (χ0) is 28.6. The van der Waals surface area contributed by atoms with Gasteiger partial charge in [0.15, 0.2) is 10.9 Å². The number of carbonyl (C=O) groups excluding carboxylic acids is 3. The van der Waals surface area contributed by atoms with Crippen molar-refractivity contribution in [3.8, 4) is 5.75 Å². The fourth-order valence-electron chi connectivity index (χ4n) is 4.67. The minimum atomic E-state index is -0.944. The molecule has 0 radical (unpaired) electrons. The standard InChI is InChI=1S/C31H25BrN2O5S/c1-17-6-4-7-20(14-17)16-39-24-12-10-21(11-13-24)27(36)25-26(22-8-5-9-23(32)15-22)34(30(38)28(25)37)31-33-18(2)29(40-31)19(3)35/h4-15,26,36H,16H2,1-3H3/b27-25+. The molecule has 0 saturated carbocycles. The molecule has 9 heteroatoms. The molecule has 40 heavy (non-hydrogen) atoms. The quantitative estimate of drug-likeness (QED) is 0.105. The van der Waals surface area contributed by atoms with Crippen LogP contribution < -0.4 is 9.64 Å². The van der Waals surface area contributed by atoms with Gasteiger partial charge in [0, 0.05) is 17.0 Å². The number of aliphatic hydroxyl groups excluding tert-OH is 1. The third-order valence-electron chi connectivity index (χ3n) is 6.54. The zero-order valence-electron chi connectivity index (χ0n) is 22.0. The summed E-state index contributed by atoms with van der Waals surface area (Å²) in [5, 5.41) is 11.6. The van der Waals surface area contributed by atoms with E-state index >= 15 is 0 Å². The molecule has 4 aromatic rings. The highest BCUT2D eigenvalue weighted by molar-refractivity contribution is 9.10. The predicted molar refractivity (Wildman–Crippen MR) is 158 cm³/mol. The second-order valence-corrected chi connectivity index (χ2v) is 11.4. The van der Waals surface area contributed by atoms with E-state index in [9.17, 15) is 19.5 Å². The first kappa shape index (κ1) is 27.5. The van der Waals surface area contributed by atoms with Gasteiger partial charge in [0.2, 0.25) is 0 Å². The van der Waals surface area contributed by atoms with Crippen molar-refractivity contribution in [2.24, 2.45) is 0 Å². The van der Waals surface area contributed by atoms with Crippen molar-refractivity contribution in [1.82, 2.24) is 4.98 Å². The van der Waals surface area contributed by atoms with Crippen molar-refractivity contribution in [3.05, 3.63) is 116 Å². The molecule has 0 aliphatic carbocycles. The molecule has 1 N–H and O–H groups in total. The molecule has 0 bridgehead atoms. The van der Waals surface area contributed by atoms with Crippen LogP contribution in [-0.4, -0.2) is 27.6 Å². The van der Waals surface area contributed by atoms with Gasteiger partial charge >= 0.3 is 5.91 Å². The Hall–Kier alpha value is -4.08. The fourth-order valence-corrected chi connectivity index (χ4v) is 6.07. The van der Waals surface area contributed by atoms with Gasteiger partial charge < -0.3 is 9.84 Å². The maximum atomic E-state index is 13.4. The van der Waals surface area contributed by atoms with Gasteiger partial charge in [0.05, 0.1) is 22.2 Å². The Morgan fingerprint density at radius 1 is 1.05 bits per heavy atom. The van der Waals surface area contributed by atoms with Crippen LogP contribution >= 0.6 is 27.3 Å². The Morgan fingerprint density at radius 2 is 1.77 bits per heavy atom. The monoisotopic (exact) mass is 616 g/mol. The molecule has 1 aliphatic heterocycles. The van der Waals surface area contributed by atoms with Crippen LogP contribution in [0.5, 0.6) is 5.75 Å². The third-order valence-corrected chi connectivity index (χ3v) is 8.29. The van der Waals surface area contributed by atoms with Crippen molar-refractivity contribution in [2.45, 2.75) is 33.4 Å². The number of aromatic nitrogens is 1. The number of hydrogen-bond acceptors (Lipinski definition) is 7. The largest absolute Gasteiger partial charge is 0.507 e. The van der Waals surface area contributed by atoms with Gasteiger partial charge in [-0.3, -0.25) is 19.3 Å². The molecule has 1 atom stereocenters. The van der Waals surface area contributed by atoms with Crippen molar-refractivity contribution in [2.75, 3.05) is 4.90 Å². The molecule has 1 aromatic heterocycles. The average molecular weight is 618 g/mol. The number of anilines is 1. The summed E-state index contributed by atoms with van der Waals surface area (Å²) in [6.45, 7) is 5.52. The molecule has 1 aliphatic rings. The number of nitrogens with zero attached hydrogens (tertiary/aromatic N) is 2. The minimum Gasteiger partial charge on any atom is -0.507 e. The van der Waals surface area contributed by atoms with Gasteiger partial charge in [-0.2, -0.15) is 0 Å². The second kappa shape index (κ2) is 11.2. The lowest BCUT2D eigenvalue weighted by Gasteiger charge is -2.23. The summed E-state index contributed by atoms with van der Waals surface area (Å²) in [5.41, 5.74) is 3.55. The molecule has 0 spiro atoms. The van der Waals surface area contributed by atoms with Crippen molar-refractivity contribution < 1.29 is 24.2 Å². The maximum Gasteiger partial charge on any atom is 0.301 e. The third kappa shape index (κ3) is 5.35. The first-order valence-corrected chi connectivity index (χ1v) is 14.1. The number of carbonyl (C=O) groups is 3. The van der Waals surface area contributed by atoms with E-state index in [0.29, 0.717) is 34.1 Å². The number of ether oxygens (including phenoxy) is 1. The first-order chi connectivity index (χ1) is 19.1. The number of aliphatic hydroxyl groups is 1. The summed E-state index contributed by atoms with van der Waals surface area (Å²) in [6.07, 6.45) is 0. The molecule has 2 heterocycles. The highest BCUT2D eigenvalue weighted by Crippen LogP contribution is 2.44. The van der Waals surface area contributed by atoms with Crippen LogP contribution in [0.3, 0.4) is 0 Å². The van der Waals surface area contributed by atoms with E-state index in [1.807, 2.05) is 37.3 Å². The van der Waals surface area contributed by atoms with Crippen LogP contribution in [0.25, 0.3) is 5.76 Å². The molecular weight excluding hydrogens is 592 g/mol. The molecule has 1 amide bonds. The minimum absolute atomic E-state index is 0.0613. The van der Waals surface area contributed by atoms with Crippen molar-refractivity contribution >= 4 is 55.6 Å². The van der Waals surface area contributed by atoms with Gasteiger partial charge in [-0.05, 0) is 61.4 Å². The molecule has 1 saturated heterocycles. The number of halogens is 1. The number of aryl methyl sites for hydroxylation is 2. The number of rotatable bonds is 7. The van der Waals surface area contributed by atoms with E-state index in [4.69, 9.17) is 4.74 Å². The van der Waals surface area contributed by atoms with Crippen molar-refractivity contribution in [1.29, 1.82) is 0 Å². The smallest absolute Gasteiger partial charge is 0.301 e. The summed E-state index contributed by atoms with van der Waals surface area (Å²) in [7, 11) is 0. The Balaban J connectivity index is 1.53. The molecule has 1 unspecified atom stereocenters. The lowest BCUT2D eigenvalue weighted by atomic mass is 9.95. The summed E-state index contributed by atoms with van der Waals surface area (Å²) in [6, 6.07) is 21.0. The van der Waals surface area contributed by atoms with Crippen LogP contribution in [0.1, 0.15) is 50.6 Å². The van der Waals surface area contributed by atoms with E-state index < -0.39 is 17.7 Å². The van der Waals surface area contributed by atoms with Crippen molar-refractivity contribution in [3.63, 3.8) is 0 Å². The number of Topliss-reactive ketones (excluding diaryl/α,β-unsaturated/α-hetero) is 2. The van der Waals surface area contributed by atoms with Crippen LogP contribution in [-0.2, 0) is 16.2 Å². The van der Waals surface area contributed by atoms with E-state index in [0.717, 1.165) is 26.9 Å². The van der Waals surface area contributed by atoms with Gasteiger partial charge in [0.1, 0.15) is 18.1 Å². The van der Waals surface area contributed by atoms with E-state index in [1.165, 1.54) is 11.8 Å². The van der Waals surface area contributed by atoms with Crippen LogP contribution in [0.15, 0.2) is 82.8 Å². The predicted octanol–water partition coefficient (Wildman–Crippen LogP) is 6.93. The van der Waals surface area contributed by atoms with Gasteiger partial charge in [-0.15, -0.1) is 0 Å². The molecular formula is C31H25BrN2O5S. The molecule has 5 rings (SSSR count). The topological polar surface area (TPSA) is 96.8 Å². The fraction of sp³-hybridized carbons (Fsp3) is 0.161. The summed E-state index contributed by atoms with van der Waals surface area (Å²) in [4.78, 5) is 45.0. The summed E-state index contributed by atoms with van der Waals surface area (Å²) < 4.78 is 6.63. The SMILES string of the molecule is CC(=O)c1sc(N2C(=O)C(=O)/C(=C(/O)c3ccc(OCc4cccc(C)c4)cc3)C2c2cccc(Br)c2)nc1C.